The predicted octanol–water partition coefficient (Wildman–Crippen LogP) is 0.998. The van der Waals surface area contributed by atoms with E-state index in [4.69, 9.17) is 5.11 Å². The van der Waals surface area contributed by atoms with Crippen molar-refractivity contribution in [2.75, 3.05) is 0 Å². The summed E-state index contributed by atoms with van der Waals surface area (Å²) in [6.45, 7) is 5.01. The fourth-order valence-electron chi connectivity index (χ4n) is 0.902. The fourth-order valence-corrected chi connectivity index (χ4v) is 0.902. The molecule has 1 amide bonds. The highest BCUT2D eigenvalue weighted by molar-refractivity contribution is 5.82. The van der Waals surface area contributed by atoms with Crippen molar-refractivity contribution in [2.24, 2.45) is 5.92 Å². The van der Waals surface area contributed by atoms with Crippen molar-refractivity contribution in [3.63, 3.8) is 0 Å². The Labute approximate surface area is 78.1 Å². The first-order valence-corrected chi connectivity index (χ1v) is 3.99. The molecule has 0 aliphatic carbocycles. The van der Waals surface area contributed by atoms with Gasteiger partial charge in [-0.05, 0) is 5.92 Å². The molecule has 0 aromatic rings. The van der Waals surface area contributed by atoms with Crippen molar-refractivity contribution >= 4 is 11.9 Å². The number of carbonyl (C=O) groups is 2. The lowest BCUT2D eigenvalue weighted by Crippen LogP contribution is -2.43. The molecule has 0 unspecified atom stereocenters. The molecule has 0 aliphatic heterocycles. The molecule has 0 heterocycles. The molecular formula is C8H19N2O3+. The number of carboxylic acids is 1. The van der Waals surface area contributed by atoms with Crippen molar-refractivity contribution in [3.8, 4) is 0 Å². The van der Waals surface area contributed by atoms with Crippen LogP contribution in [0.5, 0.6) is 0 Å². The lowest BCUT2D eigenvalue weighted by atomic mass is 9.99. The van der Waals surface area contributed by atoms with Gasteiger partial charge in [0.2, 0.25) is 5.91 Å². The fraction of sp³-hybridized carbons (Fsp3) is 0.750. The SMILES string of the molecule is CC[C@H](C)[C@@H](NC(C)=O)C(=O)O.[NH4+]. The smallest absolute Gasteiger partial charge is 0.326 e. The standard InChI is InChI=1S/C8H15NO3.H3N/c1-4-5(2)7(8(11)12)9-6(3)10;/h5,7H,4H2,1-3H3,(H,9,10)(H,11,12);1H3/p+1/t5-,7+;/m0./s1. The van der Waals surface area contributed by atoms with Crippen molar-refractivity contribution in [3.05, 3.63) is 0 Å². The van der Waals surface area contributed by atoms with Crippen LogP contribution in [0.1, 0.15) is 27.2 Å². The molecule has 6 N–H and O–H groups in total. The van der Waals surface area contributed by atoms with Gasteiger partial charge in [-0.2, -0.15) is 0 Å². The van der Waals surface area contributed by atoms with Gasteiger partial charge in [0.25, 0.3) is 0 Å². The Kier molecular flexibility index (Phi) is 7.12. The van der Waals surface area contributed by atoms with E-state index in [-0.39, 0.29) is 18.0 Å². The molecule has 78 valence electrons. The zero-order chi connectivity index (χ0) is 9.72. The summed E-state index contributed by atoms with van der Waals surface area (Å²) < 4.78 is 0. The number of carboxylic acid groups (broad SMARTS) is 1. The maximum absolute atomic E-state index is 10.6. The monoisotopic (exact) mass is 191 g/mol. The first-order chi connectivity index (χ1) is 5.49. The van der Waals surface area contributed by atoms with E-state index in [1.165, 1.54) is 6.92 Å². The summed E-state index contributed by atoms with van der Waals surface area (Å²) >= 11 is 0. The Balaban J connectivity index is 0. The molecule has 2 atom stereocenters. The minimum Gasteiger partial charge on any atom is -0.480 e. The van der Waals surface area contributed by atoms with Gasteiger partial charge in [0, 0.05) is 6.92 Å². The second-order valence-electron chi connectivity index (χ2n) is 2.90. The van der Waals surface area contributed by atoms with Crippen molar-refractivity contribution in [1.29, 1.82) is 0 Å². The van der Waals surface area contributed by atoms with Gasteiger partial charge < -0.3 is 16.6 Å². The number of hydrogen-bond acceptors (Lipinski definition) is 2. The minimum atomic E-state index is -0.973. The largest absolute Gasteiger partial charge is 0.480 e. The Morgan fingerprint density at radius 2 is 1.92 bits per heavy atom. The van der Waals surface area contributed by atoms with E-state index in [1.54, 1.807) is 6.92 Å². The van der Waals surface area contributed by atoms with Crippen molar-refractivity contribution in [2.45, 2.75) is 33.2 Å². The van der Waals surface area contributed by atoms with Crippen LogP contribution in [0.15, 0.2) is 0 Å². The molecule has 13 heavy (non-hydrogen) atoms. The molecule has 0 radical (unpaired) electrons. The summed E-state index contributed by atoms with van der Waals surface area (Å²) in [5, 5.41) is 11.1. The predicted molar refractivity (Wildman–Crippen MR) is 50.7 cm³/mol. The van der Waals surface area contributed by atoms with Gasteiger partial charge in [-0.25, -0.2) is 4.79 Å². The van der Waals surface area contributed by atoms with Crippen LogP contribution in [0.3, 0.4) is 0 Å². The van der Waals surface area contributed by atoms with E-state index in [2.05, 4.69) is 5.32 Å². The second kappa shape index (κ2) is 6.42. The summed E-state index contributed by atoms with van der Waals surface area (Å²) in [6.07, 6.45) is 0.733. The molecule has 0 rings (SSSR count). The van der Waals surface area contributed by atoms with Gasteiger partial charge in [0.05, 0.1) is 0 Å². The maximum Gasteiger partial charge on any atom is 0.326 e. The molecule has 0 aromatic carbocycles. The molecule has 0 bridgehead atoms. The Bertz CT molecular complexity index is 182. The molecule has 0 fully saturated rings. The highest BCUT2D eigenvalue weighted by Gasteiger charge is 2.23. The number of aliphatic carboxylic acids is 1. The van der Waals surface area contributed by atoms with Crippen molar-refractivity contribution in [1.82, 2.24) is 11.5 Å². The van der Waals surface area contributed by atoms with E-state index in [0.717, 1.165) is 6.42 Å². The number of quaternary nitrogens is 1. The number of hydrogen-bond donors (Lipinski definition) is 3. The molecule has 0 aliphatic rings. The van der Waals surface area contributed by atoms with Gasteiger partial charge in [0.1, 0.15) is 6.04 Å². The third-order valence-corrected chi connectivity index (χ3v) is 1.84. The van der Waals surface area contributed by atoms with Gasteiger partial charge in [-0.1, -0.05) is 20.3 Å². The third-order valence-electron chi connectivity index (χ3n) is 1.84. The maximum atomic E-state index is 10.6. The van der Waals surface area contributed by atoms with Crippen molar-refractivity contribution < 1.29 is 14.7 Å². The summed E-state index contributed by atoms with van der Waals surface area (Å²) in [4.78, 5) is 21.2. The molecule has 0 saturated carbocycles. The molecular weight excluding hydrogens is 172 g/mol. The molecule has 5 nitrogen and oxygen atoms in total. The van der Waals surface area contributed by atoms with E-state index in [9.17, 15) is 9.59 Å². The van der Waals surface area contributed by atoms with Gasteiger partial charge >= 0.3 is 5.97 Å². The van der Waals surface area contributed by atoms with Gasteiger partial charge in [-0.3, -0.25) is 4.79 Å². The van der Waals surface area contributed by atoms with Gasteiger partial charge in [0.15, 0.2) is 0 Å². The topological polar surface area (TPSA) is 103 Å². The van der Waals surface area contributed by atoms with Crippen LogP contribution < -0.4 is 11.5 Å². The lowest BCUT2D eigenvalue weighted by molar-refractivity contribution is -0.143. The van der Waals surface area contributed by atoms with E-state index in [0.29, 0.717) is 0 Å². The second-order valence-corrected chi connectivity index (χ2v) is 2.90. The quantitative estimate of drug-likeness (QED) is 0.617. The molecule has 0 spiro atoms. The Morgan fingerprint density at radius 3 is 2.15 bits per heavy atom. The van der Waals surface area contributed by atoms with Crippen LogP contribution in [-0.2, 0) is 9.59 Å². The third kappa shape index (κ3) is 5.19. The average Bonchev–Trinajstić information content (AvgIpc) is 1.98. The highest BCUT2D eigenvalue weighted by Crippen LogP contribution is 2.07. The van der Waals surface area contributed by atoms with Crippen LogP contribution in [-0.4, -0.2) is 23.0 Å². The average molecular weight is 191 g/mol. The van der Waals surface area contributed by atoms with E-state index < -0.39 is 12.0 Å². The van der Waals surface area contributed by atoms with Crippen LogP contribution in [0.4, 0.5) is 0 Å². The normalized spacial score (nSPS) is 13.8. The van der Waals surface area contributed by atoms with Crippen LogP contribution in [0.25, 0.3) is 0 Å². The Morgan fingerprint density at radius 1 is 1.46 bits per heavy atom. The van der Waals surface area contributed by atoms with E-state index in [1.807, 2.05) is 6.92 Å². The van der Waals surface area contributed by atoms with Crippen LogP contribution >= 0.6 is 0 Å². The summed E-state index contributed by atoms with van der Waals surface area (Å²) in [6, 6.07) is -0.757. The molecule has 5 heteroatoms. The van der Waals surface area contributed by atoms with E-state index >= 15 is 0 Å². The number of rotatable bonds is 4. The molecule has 0 saturated heterocycles. The summed E-state index contributed by atoms with van der Waals surface area (Å²) in [7, 11) is 0. The minimum absolute atomic E-state index is 0. The first-order valence-electron chi connectivity index (χ1n) is 3.99. The number of carbonyl (C=O) groups excluding carboxylic acids is 1. The number of amides is 1. The summed E-state index contributed by atoms with van der Waals surface area (Å²) in [5.41, 5.74) is 0. The summed E-state index contributed by atoms with van der Waals surface area (Å²) in [5.74, 6) is -1.31. The molecule has 0 aromatic heterocycles. The zero-order valence-corrected chi connectivity index (χ0v) is 8.63. The van der Waals surface area contributed by atoms with Gasteiger partial charge in [-0.15, -0.1) is 0 Å². The Hall–Kier alpha value is -1.10. The van der Waals surface area contributed by atoms with Crippen LogP contribution in [0, 0.1) is 5.92 Å². The highest BCUT2D eigenvalue weighted by atomic mass is 16.4. The zero-order valence-electron chi connectivity index (χ0n) is 8.63. The van der Waals surface area contributed by atoms with Crippen LogP contribution in [0.2, 0.25) is 0 Å². The number of nitrogens with one attached hydrogen (secondary N) is 1. The first kappa shape index (κ1) is 14.4. The lowest BCUT2D eigenvalue weighted by Gasteiger charge is -2.18.